The first-order chi connectivity index (χ1) is 12.7. The fourth-order valence-corrected chi connectivity index (χ4v) is 2.55. The number of amides is 1. The minimum Gasteiger partial charge on any atom is -0.294 e. The zero-order valence-corrected chi connectivity index (χ0v) is 14.3. The number of non-ortho nitro benzene ring substituents is 1. The molecular weight excluding hydrogens is 387 g/mol. The summed E-state index contributed by atoms with van der Waals surface area (Å²) >= 11 is 0.988. The molecule has 0 saturated carbocycles. The summed E-state index contributed by atoms with van der Waals surface area (Å²) in [5.41, 5.74) is 2.35. The summed E-state index contributed by atoms with van der Waals surface area (Å²) in [6, 6.07) is 7.90. The molecule has 27 heavy (non-hydrogen) atoms. The van der Waals surface area contributed by atoms with E-state index in [0.29, 0.717) is 11.6 Å². The Morgan fingerprint density at radius 2 is 1.81 bits per heavy atom. The van der Waals surface area contributed by atoms with Crippen molar-refractivity contribution in [1.29, 1.82) is 0 Å². The maximum absolute atomic E-state index is 13.0. The standard InChI is InChI=1S/C16H12F3N3O4S/c17-16(18,19)14(9-12(23)13-2-1-7-27-13)20-21-15(24)8-10-3-5-11(6-4-10)22(25)26/h1-7,9,20H,8H2,(H,21,24). The van der Waals surface area contributed by atoms with Crippen LogP contribution >= 0.6 is 11.3 Å². The van der Waals surface area contributed by atoms with E-state index in [1.165, 1.54) is 36.4 Å². The van der Waals surface area contributed by atoms with Crippen molar-refractivity contribution in [3.63, 3.8) is 0 Å². The van der Waals surface area contributed by atoms with E-state index < -0.39 is 28.5 Å². The van der Waals surface area contributed by atoms with Crippen molar-refractivity contribution in [2.75, 3.05) is 0 Å². The van der Waals surface area contributed by atoms with Crippen LogP contribution in [0.15, 0.2) is 53.6 Å². The zero-order chi connectivity index (χ0) is 20.0. The molecule has 1 heterocycles. The van der Waals surface area contributed by atoms with Crippen LogP contribution in [0.1, 0.15) is 15.2 Å². The highest BCUT2D eigenvalue weighted by Crippen LogP contribution is 2.24. The predicted octanol–water partition coefficient (Wildman–Crippen LogP) is 3.15. The molecule has 0 aliphatic rings. The van der Waals surface area contributed by atoms with Gasteiger partial charge in [-0.2, -0.15) is 13.2 Å². The Morgan fingerprint density at radius 1 is 1.15 bits per heavy atom. The summed E-state index contributed by atoms with van der Waals surface area (Å²) in [5.74, 6) is -1.67. The Labute approximate surface area is 154 Å². The fraction of sp³-hybridized carbons (Fsp3) is 0.125. The molecule has 11 heteroatoms. The molecule has 0 bridgehead atoms. The number of hydrogen-bond donors (Lipinski definition) is 2. The molecule has 0 spiro atoms. The zero-order valence-electron chi connectivity index (χ0n) is 13.4. The second-order valence-electron chi connectivity index (χ2n) is 5.17. The number of halogens is 3. The van der Waals surface area contributed by atoms with Crippen LogP contribution in [0.3, 0.4) is 0 Å². The summed E-state index contributed by atoms with van der Waals surface area (Å²) in [6.07, 6.45) is -4.83. The number of rotatable bonds is 7. The van der Waals surface area contributed by atoms with E-state index in [2.05, 4.69) is 0 Å². The number of nitrogens with one attached hydrogen (secondary N) is 2. The number of alkyl halides is 3. The number of hydrazine groups is 1. The smallest absolute Gasteiger partial charge is 0.294 e. The molecule has 2 N–H and O–H groups in total. The van der Waals surface area contributed by atoms with Crippen molar-refractivity contribution in [2.45, 2.75) is 12.6 Å². The van der Waals surface area contributed by atoms with Crippen molar-refractivity contribution in [2.24, 2.45) is 0 Å². The van der Waals surface area contributed by atoms with Crippen LogP contribution < -0.4 is 10.9 Å². The number of carbonyl (C=O) groups is 2. The van der Waals surface area contributed by atoms with Gasteiger partial charge in [-0.25, -0.2) is 0 Å². The van der Waals surface area contributed by atoms with Crippen LogP contribution in [0, 0.1) is 10.1 Å². The van der Waals surface area contributed by atoms with Crippen LogP contribution in [0.5, 0.6) is 0 Å². The van der Waals surface area contributed by atoms with Gasteiger partial charge in [-0.3, -0.25) is 30.6 Å². The van der Waals surface area contributed by atoms with Crippen LogP contribution in [0.25, 0.3) is 0 Å². The lowest BCUT2D eigenvalue weighted by Gasteiger charge is -2.14. The monoisotopic (exact) mass is 399 g/mol. The van der Waals surface area contributed by atoms with Gasteiger partial charge in [0.05, 0.1) is 16.2 Å². The Balaban J connectivity index is 2.01. The van der Waals surface area contributed by atoms with Gasteiger partial charge in [0.25, 0.3) is 5.69 Å². The van der Waals surface area contributed by atoms with E-state index in [4.69, 9.17) is 0 Å². The number of carbonyl (C=O) groups excluding carboxylic acids is 2. The Hall–Kier alpha value is -3.21. The van der Waals surface area contributed by atoms with Crippen molar-refractivity contribution in [1.82, 2.24) is 10.9 Å². The van der Waals surface area contributed by atoms with Crippen molar-refractivity contribution < 1.29 is 27.7 Å². The van der Waals surface area contributed by atoms with E-state index in [1.54, 1.807) is 10.8 Å². The van der Waals surface area contributed by atoms with Gasteiger partial charge >= 0.3 is 6.18 Å². The second-order valence-corrected chi connectivity index (χ2v) is 6.12. The minimum absolute atomic E-state index is 0.121. The summed E-state index contributed by atoms with van der Waals surface area (Å²) in [4.78, 5) is 33.7. The molecule has 0 saturated heterocycles. The maximum atomic E-state index is 13.0. The highest BCUT2D eigenvalue weighted by Gasteiger charge is 2.35. The molecule has 142 valence electrons. The predicted molar refractivity (Wildman–Crippen MR) is 90.9 cm³/mol. The lowest BCUT2D eigenvalue weighted by Crippen LogP contribution is -2.42. The summed E-state index contributed by atoms with van der Waals surface area (Å²) in [7, 11) is 0. The molecule has 2 rings (SSSR count). The van der Waals surface area contributed by atoms with Crippen LogP contribution in [0.4, 0.5) is 18.9 Å². The highest BCUT2D eigenvalue weighted by molar-refractivity contribution is 7.12. The number of nitro groups is 1. The summed E-state index contributed by atoms with van der Waals surface area (Å²) in [6.45, 7) is 0. The van der Waals surface area contributed by atoms with Crippen molar-refractivity contribution in [3.05, 3.63) is 74.1 Å². The summed E-state index contributed by atoms with van der Waals surface area (Å²) in [5, 5.41) is 12.1. The first-order valence-electron chi connectivity index (χ1n) is 7.31. The lowest BCUT2D eigenvalue weighted by atomic mass is 10.1. The number of nitro benzene ring substituents is 1. The first-order valence-corrected chi connectivity index (χ1v) is 8.19. The van der Waals surface area contributed by atoms with Gasteiger partial charge < -0.3 is 0 Å². The molecule has 0 aliphatic heterocycles. The molecule has 0 atom stereocenters. The average Bonchev–Trinajstić information content (AvgIpc) is 3.12. The van der Waals surface area contributed by atoms with E-state index >= 15 is 0 Å². The largest absolute Gasteiger partial charge is 0.432 e. The van der Waals surface area contributed by atoms with E-state index in [1.807, 2.05) is 5.43 Å². The topological polar surface area (TPSA) is 101 Å². The third-order valence-electron chi connectivity index (χ3n) is 3.19. The van der Waals surface area contributed by atoms with Gasteiger partial charge in [-0.15, -0.1) is 11.3 Å². The van der Waals surface area contributed by atoms with E-state index in [0.717, 1.165) is 11.3 Å². The molecule has 0 unspecified atom stereocenters. The lowest BCUT2D eigenvalue weighted by molar-refractivity contribution is -0.384. The van der Waals surface area contributed by atoms with Gasteiger partial charge in [0.2, 0.25) is 5.91 Å². The molecule has 7 nitrogen and oxygen atoms in total. The highest BCUT2D eigenvalue weighted by atomic mass is 32.1. The summed E-state index contributed by atoms with van der Waals surface area (Å²) < 4.78 is 39.1. The number of allylic oxidation sites excluding steroid dienone is 2. The fourth-order valence-electron chi connectivity index (χ4n) is 1.91. The van der Waals surface area contributed by atoms with Gasteiger partial charge in [0, 0.05) is 18.2 Å². The number of hydrogen-bond acceptors (Lipinski definition) is 6. The molecule has 0 aliphatic carbocycles. The molecule has 0 radical (unpaired) electrons. The molecule has 1 amide bonds. The minimum atomic E-state index is -4.88. The second kappa shape index (κ2) is 8.45. The van der Waals surface area contributed by atoms with Gasteiger partial charge in [-0.1, -0.05) is 18.2 Å². The quantitative estimate of drug-likeness (QED) is 0.322. The van der Waals surface area contributed by atoms with Crippen LogP contribution in [-0.4, -0.2) is 22.8 Å². The molecule has 1 aromatic carbocycles. The van der Waals surface area contributed by atoms with E-state index in [-0.39, 0.29) is 17.0 Å². The number of benzene rings is 1. The third-order valence-corrected chi connectivity index (χ3v) is 4.08. The number of nitrogens with zero attached hydrogens (tertiary/aromatic N) is 1. The van der Waals surface area contributed by atoms with Gasteiger partial charge in [0.15, 0.2) is 5.78 Å². The maximum Gasteiger partial charge on any atom is 0.432 e. The Kier molecular flexibility index (Phi) is 6.29. The number of ketones is 1. The molecule has 1 aromatic heterocycles. The van der Waals surface area contributed by atoms with Gasteiger partial charge in [0.1, 0.15) is 5.70 Å². The van der Waals surface area contributed by atoms with Gasteiger partial charge in [-0.05, 0) is 17.0 Å². The van der Waals surface area contributed by atoms with Crippen LogP contribution in [0.2, 0.25) is 0 Å². The molecule has 2 aromatic rings. The average molecular weight is 399 g/mol. The van der Waals surface area contributed by atoms with Crippen LogP contribution in [-0.2, 0) is 11.2 Å². The number of thiophene rings is 1. The molecule has 0 fully saturated rings. The third kappa shape index (κ3) is 5.92. The Bertz CT molecular complexity index is 862. The van der Waals surface area contributed by atoms with E-state index in [9.17, 15) is 32.9 Å². The van der Waals surface area contributed by atoms with Crippen molar-refractivity contribution in [3.8, 4) is 0 Å². The van der Waals surface area contributed by atoms with Crippen molar-refractivity contribution >= 4 is 28.7 Å². The Morgan fingerprint density at radius 3 is 2.33 bits per heavy atom. The first kappa shape index (κ1) is 20.1. The SMILES string of the molecule is O=C(Cc1ccc([N+](=O)[O-])cc1)NNC(=CC(=O)c1cccs1)C(F)(F)F. The molecular formula is C16H12F3N3O4S. The normalized spacial score (nSPS) is 11.7.